The molecule has 27 heavy (non-hydrogen) atoms. The fourth-order valence-corrected chi connectivity index (χ4v) is 3.66. The first-order chi connectivity index (χ1) is 13.1. The van der Waals surface area contributed by atoms with Crippen LogP contribution < -0.4 is 10.6 Å². The van der Waals surface area contributed by atoms with Crippen molar-refractivity contribution in [2.24, 2.45) is 10.4 Å². The van der Waals surface area contributed by atoms with Crippen LogP contribution in [0.15, 0.2) is 29.3 Å². The molecule has 1 aliphatic rings. The lowest BCUT2D eigenvalue weighted by atomic mass is 9.67. The Bertz CT molecular complexity index is 562. The Balaban J connectivity index is 1.78. The quantitative estimate of drug-likeness (QED) is 0.460. The highest BCUT2D eigenvalue weighted by molar-refractivity contribution is 5.79. The van der Waals surface area contributed by atoms with Crippen molar-refractivity contribution in [1.29, 1.82) is 0 Å². The van der Waals surface area contributed by atoms with Crippen LogP contribution in [-0.2, 0) is 17.8 Å². The summed E-state index contributed by atoms with van der Waals surface area (Å²) in [5.41, 5.74) is 3.04. The largest absolute Gasteiger partial charge is 0.385 e. The standard InChI is InChI=1S/C22H38N4O/c1-5-26(6-2)17-20-10-8-19(9-11-20)16-24-21(23-3)25-18-22(12-7-13-22)14-15-27-4/h8-11H,5-7,12-18H2,1-4H3,(H2,23,24,25). The van der Waals surface area contributed by atoms with Crippen LogP contribution in [0.25, 0.3) is 0 Å². The monoisotopic (exact) mass is 374 g/mol. The van der Waals surface area contributed by atoms with Gasteiger partial charge < -0.3 is 15.4 Å². The van der Waals surface area contributed by atoms with Crippen LogP contribution >= 0.6 is 0 Å². The zero-order chi connectivity index (χ0) is 19.5. The summed E-state index contributed by atoms with van der Waals surface area (Å²) in [5.74, 6) is 0.880. The van der Waals surface area contributed by atoms with Gasteiger partial charge in [0.15, 0.2) is 5.96 Å². The van der Waals surface area contributed by atoms with Crippen LogP contribution in [0.2, 0.25) is 0 Å². The van der Waals surface area contributed by atoms with E-state index < -0.39 is 0 Å². The lowest BCUT2D eigenvalue weighted by Gasteiger charge is -2.42. The lowest BCUT2D eigenvalue weighted by molar-refractivity contribution is 0.0732. The highest BCUT2D eigenvalue weighted by Crippen LogP contribution is 2.43. The van der Waals surface area contributed by atoms with Crippen molar-refractivity contribution >= 4 is 5.96 Å². The highest BCUT2D eigenvalue weighted by atomic mass is 16.5. The SMILES string of the molecule is CCN(CC)Cc1ccc(CNC(=NC)NCC2(CCOC)CCC2)cc1. The van der Waals surface area contributed by atoms with Crippen LogP contribution in [0.5, 0.6) is 0 Å². The number of nitrogens with one attached hydrogen (secondary N) is 2. The predicted molar refractivity (Wildman–Crippen MR) is 114 cm³/mol. The van der Waals surface area contributed by atoms with Crippen molar-refractivity contribution in [2.75, 3.05) is 40.4 Å². The molecule has 1 aromatic rings. The van der Waals surface area contributed by atoms with Gasteiger partial charge in [-0.3, -0.25) is 9.89 Å². The molecule has 0 spiro atoms. The Kier molecular flexibility index (Phi) is 9.08. The van der Waals surface area contributed by atoms with Gasteiger partial charge in [-0.15, -0.1) is 0 Å². The van der Waals surface area contributed by atoms with Gasteiger partial charge in [-0.2, -0.15) is 0 Å². The average molecular weight is 375 g/mol. The molecule has 0 unspecified atom stereocenters. The molecule has 0 heterocycles. The van der Waals surface area contributed by atoms with E-state index in [2.05, 4.69) is 58.6 Å². The molecule has 5 nitrogen and oxygen atoms in total. The Morgan fingerprint density at radius 1 is 1.11 bits per heavy atom. The van der Waals surface area contributed by atoms with Gasteiger partial charge in [-0.25, -0.2) is 0 Å². The normalized spacial score (nSPS) is 16.3. The molecule has 0 bridgehead atoms. The van der Waals surface area contributed by atoms with E-state index in [1.807, 2.05) is 7.05 Å². The van der Waals surface area contributed by atoms with Crippen LogP contribution in [0, 0.1) is 5.41 Å². The van der Waals surface area contributed by atoms with Gasteiger partial charge in [0.05, 0.1) is 0 Å². The van der Waals surface area contributed by atoms with Crippen LogP contribution in [0.1, 0.15) is 50.7 Å². The number of ether oxygens (including phenoxy) is 1. The molecule has 152 valence electrons. The second-order valence-electron chi connectivity index (χ2n) is 7.65. The topological polar surface area (TPSA) is 48.9 Å². The van der Waals surface area contributed by atoms with Gasteiger partial charge in [-0.1, -0.05) is 44.5 Å². The summed E-state index contributed by atoms with van der Waals surface area (Å²) in [6.07, 6.45) is 5.03. The number of hydrogen-bond acceptors (Lipinski definition) is 3. The summed E-state index contributed by atoms with van der Waals surface area (Å²) >= 11 is 0. The fourth-order valence-electron chi connectivity index (χ4n) is 3.66. The second-order valence-corrected chi connectivity index (χ2v) is 7.65. The number of guanidine groups is 1. The smallest absolute Gasteiger partial charge is 0.191 e. The van der Waals surface area contributed by atoms with E-state index in [0.717, 1.165) is 51.7 Å². The van der Waals surface area contributed by atoms with Gasteiger partial charge in [0.1, 0.15) is 0 Å². The second kappa shape index (κ2) is 11.3. The van der Waals surface area contributed by atoms with Gasteiger partial charge in [0, 0.05) is 40.4 Å². The van der Waals surface area contributed by atoms with E-state index >= 15 is 0 Å². The Morgan fingerprint density at radius 3 is 2.30 bits per heavy atom. The minimum Gasteiger partial charge on any atom is -0.385 e. The van der Waals surface area contributed by atoms with E-state index in [4.69, 9.17) is 4.74 Å². The van der Waals surface area contributed by atoms with Crippen LogP contribution in [-0.4, -0.2) is 51.3 Å². The number of nitrogens with zero attached hydrogens (tertiary/aromatic N) is 2. The summed E-state index contributed by atoms with van der Waals surface area (Å²) in [6, 6.07) is 8.90. The molecular formula is C22H38N4O. The van der Waals surface area contributed by atoms with Gasteiger partial charge in [0.25, 0.3) is 0 Å². The molecule has 0 atom stereocenters. The Labute approximate surface area is 165 Å². The predicted octanol–water partition coefficient (Wildman–Crippen LogP) is 3.40. The Morgan fingerprint density at radius 2 is 1.78 bits per heavy atom. The van der Waals surface area contributed by atoms with Crippen LogP contribution in [0.3, 0.4) is 0 Å². The minimum absolute atomic E-state index is 0.389. The first-order valence-electron chi connectivity index (χ1n) is 10.4. The molecule has 0 radical (unpaired) electrons. The number of benzene rings is 1. The molecule has 0 saturated heterocycles. The summed E-state index contributed by atoms with van der Waals surface area (Å²) in [7, 11) is 3.62. The van der Waals surface area contributed by atoms with Gasteiger partial charge in [0.2, 0.25) is 0 Å². The number of rotatable bonds is 11. The van der Waals surface area contributed by atoms with Crippen molar-refractivity contribution in [3.05, 3.63) is 35.4 Å². The first kappa shape index (κ1) is 21.7. The molecule has 1 saturated carbocycles. The van der Waals surface area contributed by atoms with Crippen molar-refractivity contribution < 1.29 is 4.74 Å². The molecule has 1 aliphatic carbocycles. The van der Waals surface area contributed by atoms with E-state index in [0.29, 0.717) is 5.41 Å². The van der Waals surface area contributed by atoms with E-state index in [-0.39, 0.29) is 0 Å². The molecule has 0 amide bonds. The van der Waals surface area contributed by atoms with Crippen molar-refractivity contribution in [3.8, 4) is 0 Å². The lowest BCUT2D eigenvalue weighted by Crippen LogP contribution is -2.46. The minimum atomic E-state index is 0.389. The number of methoxy groups -OCH3 is 1. The van der Waals surface area contributed by atoms with E-state index in [1.54, 1.807) is 7.11 Å². The Hall–Kier alpha value is -1.59. The third-order valence-electron chi connectivity index (χ3n) is 5.89. The molecular weight excluding hydrogens is 336 g/mol. The van der Waals surface area contributed by atoms with Crippen molar-refractivity contribution in [2.45, 2.75) is 52.6 Å². The summed E-state index contributed by atoms with van der Waals surface area (Å²) in [5, 5.41) is 6.96. The molecule has 2 N–H and O–H groups in total. The zero-order valence-electron chi connectivity index (χ0n) is 17.7. The fraction of sp³-hybridized carbons (Fsp3) is 0.682. The third kappa shape index (κ3) is 6.82. The maximum Gasteiger partial charge on any atom is 0.191 e. The first-order valence-corrected chi connectivity index (χ1v) is 10.4. The summed E-state index contributed by atoms with van der Waals surface area (Å²) < 4.78 is 5.28. The molecule has 1 aromatic carbocycles. The number of hydrogen-bond donors (Lipinski definition) is 2. The van der Waals surface area contributed by atoms with Crippen LogP contribution in [0.4, 0.5) is 0 Å². The maximum absolute atomic E-state index is 5.28. The summed E-state index contributed by atoms with van der Waals surface area (Å²) in [4.78, 5) is 6.81. The van der Waals surface area contributed by atoms with Crippen molar-refractivity contribution in [1.82, 2.24) is 15.5 Å². The van der Waals surface area contributed by atoms with E-state index in [9.17, 15) is 0 Å². The average Bonchev–Trinajstić information content (AvgIpc) is 2.68. The molecule has 1 fully saturated rings. The van der Waals surface area contributed by atoms with Crippen molar-refractivity contribution in [3.63, 3.8) is 0 Å². The molecule has 0 aliphatic heterocycles. The maximum atomic E-state index is 5.28. The molecule has 5 heteroatoms. The van der Waals surface area contributed by atoms with Gasteiger partial charge >= 0.3 is 0 Å². The number of aliphatic imine (C=N–C) groups is 1. The summed E-state index contributed by atoms with van der Waals surface area (Å²) in [6.45, 7) is 10.2. The highest BCUT2D eigenvalue weighted by Gasteiger charge is 2.36. The van der Waals surface area contributed by atoms with E-state index in [1.165, 1.54) is 30.4 Å². The third-order valence-corrected chi connectivity index (χ3v) is 5.89. The molecule has 0 aromatic heterocycles. The van der Waals surface area contributed by atoms with Gasteiger partial charge in [-0.05, 0) is 48.9 Å². The zero-order valence-corrected chi connectivity index (χ0v) is 17.7. The molecule has 2 rings (SSSR count).